The summed E-state index contributed by atoms with van der Waals surface area (Å²) in [5.74, 6) is -2.45. The number of nitrogens with two attached hydrogens (primary N) is 1. The first-order chi connectivity index (χ1) is 10.5. The number of likely N-dealkylation sites (tertiary alicyclic amines) is 1. The van der Waals surface area contributed by atoms with Crippen LogP contribution >= 0.6 is 0 Å². The highest BCUT2D eigenvalue weighted by molar-refractivity contribution is 6.00. The molecule has 7 heteroatoms. The van der Waals surface area contributed by atoms with Crippen molar-refractivity contribution in [2.45, 2.75) is 18.9 Å². The fourth-order valence-corrected chi connectivity index (χ4v) is 3.05. The summed E-state index contributed by atoms with van der Waals surface area (Å²) in [6, 6.07) is 3.03. The van der Waals surface area contributed by atoms with E-state index in [1.165, 1.54) is 11.0 Å². The minimum absolute atomic E-state index is 0.0137. The van der Waals surface area contributed by atoms with E-state index >= 15 is 0 Å². The quantitative estimate of drug-likeness (QED) is 0.882. The molecular weight excluding hydrogens is 292 g/mol. The van der Waals surface area contributed by atoms with Crippen LogP contribution in [-0.4, -0.2) is 42.4 Å². The zero-order chi connectivity index (χ0) is 15.9. The molecule has 2 aliphatic rings. The third-order valence-electron chi connectivity index (χ3n) is 4.21. The van der Waals surface area contributed by atoms with Gasteiger partial charge in [-0.25, -0.2) is 8.78 Å². The molecule has 118 valence electrons. The molecule has 0 bridgehead atoms. The van der Waals surface area contributed by atoms with E-state index in [-0.39, 0.29) is 36.5 Å². The zero-order valence-corrected chi connectivity index (χ0v) is 12.0. The van der Waals surface area contributed by atoms with Gasteiger partial charge in [0.15, 0.2) is 0 Å². The summed E-state index contributed by atoms with van der Waals surface area (Å²) in [6.45, 7) is 1.20. The molecule has 0 aliphatic carbocycles. The van der Waals surface area contributed by atoms with Crippen molar-refractivity contribution in [2.24, 2.45) is 11.7 Å². The number of benzene rings is 1. The van der Waals surface area contributed by atoms with E-state index in [0.29, 0.717) is 13.1 Å². The van der Waals surface area contributed by atoms with E-state index in [1.54, 1.807) is 4.90 Å². The SMILES string of the molecule is N[C@@H]1CCN(C(=O)C2CC(=O)N(c3ccc(F)cc3F)C2)C1. The lowest BCUT2D eigenvalue weighted by Gasteiger charge is -2.21. The Morgan fingerprint density at radius 1 is 1.27 bits per heavy atom. The molecule has 2 atom stereocenters. The summed E-state index contributed by atoms with van der Waals surface area (Å²) >= 11 is 0. The van der Waals surface area contributed by atoms with Gasteiger partial charge in [-0.3, -0.25) is 9.59 Å². The van der Waals surface area contributed by atoms with E-state index in [4.69, 9.17) is 5.73 Å². The van der Waals surface area contributed by atoms with Crippen LogP contribution in [0.3, 0.4) is 0 Å². The molecule has 5 nitrogen and oxygen atoms in total. The van der Waals surface area contributed by atoms with Gasteiger partial charge in [0, 0.05) is 38.2 Å². The second-order valence-electron chi connectivity index (χ2n) is 5.83. The van der Waals surface area contributed by atoms with Crippen molar-refractivity contribution in [3.8, 4) is 0 Å². The summed E-state index contributed by atoms with van der Waals surface area (Å²) in [5, 5.41) is 0. The molecule has 2 heterocycles. The van der Waals surface area contributed by atoms with Crippen LogP contribution in [0.1, 0.15) is 12.8 Å². The van der Waals surface area contributed by atoms with E-state index in [0.717, 1.165) is 18.6 Å². The predicted molar refractivity (Wildman–Crippen MR) is 76.0 cm³/mol. The second kappa shape index (κ2) is 5.64. The molecule has 0 aromatic heterocycles. The molecule has 22 heavy (non-hydrogen) atoms. The Morgan fingerprint density at radius 2 is 2.05 bits per heavy atom. The van der Waals surface area contributed by atoms with Crippen molar-refractivity contribution in [2.75, 3.05) is 24.5 Å². The highest BCUT2D eigenvalue weighted by Gasteiger charge is 2.39. The van der Waals surface area contributed by atoms with E-state index in [9.17, 15) is 18.4 Å². The molecule has 0 spiro atoms. The summed E-state index contributed by atoms with van der Waals surface area (Å²) < 4.78 is 26.8. The lowest BCUT2D eigenvalue weighted by molar-refractivity contribution is -0.134. The van der Waals surface area contributed by atoms with E-state index in [2.05, 4.69) is 0 Å². The van der Waals surface area contributed by atoms with Gasteiger partial charge < -0.3 is 15.5 Å². The van der Waals surface area contributed by atoms with Gasteiger partial charge in [-0.05, 0) is 18.6 Å². The molecule has 2 N–H and O–H groups in total. The first-order valence-electron chi connectivity index (χ1n) is 7.25. The predicted octanol–water partition coefficient (Wildman–Crippen LogP) is 0.877. The van der Waals surface area contributed by atoms with Crippen molar-refractivity contribution in [1.29, 1.82) is 0 Å². The van der Waals surface area contributed by atoms with Gasteiger partial charge in [-0.2, -0.15) is 0 Å². The van der Waals surface area contributed by atoms with E-state index < -0.39 is 17.6 Å². The average Bonchev–Trinajstić information content (AvgIpc) is 3.05. The summed E-state index contributed by atoms with van der Waals surface area (Å²) in [5.41, 5.74) is 5.80. The van der Waals surface area contributed by atoms with Gasteiger partial charge in [0.05, 0.1) is 11.6 Å². The van der Waals surface area contributed by atoms with Crippen LogP contribution in [-0.2, 0) is 9.59 Å². The van der Waals surface area contributed by atoms with Gasteiger partial charge in [0.2, 0.25) is 11.8 Å². The van der Waals surface area contributed by atoms with Crippen LogP contribution in [0.5, 0.6) is 0 Å². The summed E-state index contributed by atoms with van der Waals surface area (Å²) in [6.07, 6.45) is 0.796. The number of nitrogens with zero attached hydrogens (tertiary/aromatic N) is 2. The maximum absolute atomic E-state index is 13.8. The zero-order valence-electron chi connectivity index (χ0n) is 12.0. The Kier molecular flexibility index (Phi) is 3.82. The Bertz CT molecular complexity index is 623. The first-order valence-corrected chi connectivity index (χ1v) is 7.25. The van der Waals surface area contributed by atoms with Crippen LogP contribution in [0.2, 0.25) is 0 Å². The molecular formula is C15H17F2N3O2. The maximum atomic E-state index is 13.8. The number of carbonyl (C=O) groups is 2. The minimum atomic E-state index is -0.801. The van der Waals surface area contributed by atoms with Crippen molar-refractivity contribution in [1.82, 2.24) is 4.90 Å². The maximum Gasteiger partial charge on any atom is 0.228 e. The van der Waals surface area contributed by atoms with Gasteiger partial charge in [0.1, 0.15) is 11.6 Å². The Morgan fingerprint density at radius 3 is 2.68 bits per heavy atom. The van der Waals surface area contributed by atoms with Crippen molar-refractivity contribution in [3.63, 3.8) is 0 Å². The van der Waals surface area contributed by atoms with Crippen LogP contribution < -0.4 is 10.6 Å². The molecule has 1 aromatic rings. The molecule has 1 unspecified atom stereocenters. The lowest BCUT2D eigenvalue weighted by Crippen LogP contribution is -2.37. The molecule has 2 fully saturated rings. The highest BCUT2D eigenvalue weighted by Crippen LogP contribution is 2.29. The monoisotopic (exact) mass is 309 g/mol. The van der Waals surface area contributed by atoms with Crippen LogP contribution in [0.25, 0.3) is 0 Å². The smallest absolute Gasteiger partial charge is 0.228 e. The van der Waals surface area contributed by atoms with Crippen molar-refractivity contribution in [3.05, 3.63) is 29.8 Å². The Labute approximate surface area is 126 Å². The third kappa shape index (κ3) is 2.68. The molecule has 0 saturated carbocycles. The largest absolute Gasteiger partial charge is 0.341 e. The number of hydrogen-bond donors (Lipinski definition) is 1. The van der Waals surface area contributed by atoms with Gasteiger partial charge in [-0.1, -0.05) is 0 Å². The number of anilines is 1. The molecule has 2 amide bonds. The van der Waals surface area contributed by atoms with Gasteiger partial charge in [-0.15, -0.1) is 0 Å². The number of halogens is 2. The molecule has 1 aromatic carbocycles. The summed E-state index contributed by atoms with van der Waals surface area (Å²) in [7, 11) is 0. The first kappa shape index (κ1) is 14.9. The topological polar surface area (TPSA) is 66.6 Å². The second-order valence-corrected chi connectivity index (χ2v) is 5.83. The normalized spacial score (nSPS) is 25.1. The van der Waals surface area contributed by atoms with Crippen molar-refractivity contribution >= 4 is 17.5 Å². The van der Waals surface area contributed by atoms with E-state index in [1.807, 2.05) is 0 Å². The lowest BCUT2D eigenvalue weighted by atomic mass is 10.1. The summed E-state index contributed by atoms with van der Waals surface area (Å²) in [4.78, 5) is 27.3. The standard InChI is InChI=1S/C15H17F2N3O2/c16-10-1-2-13(12(17)6-10)20-7-9(5-14(20)21)15(22)19-4-3-11(18)8-19/h1-2,6,9,11H,3-5,7-8,18H2/t9?,11-/m1/s1. The molecule has 2 aliphatic heterocycles. The van der Waals surface area contributed by atoms with Gasteiger partial charge in [0.25, 0.3) is 0 Å². The average molecular weight is 309 g/mol. The molecule has 3 rings (SSSR count). The fraction of sp³-hybridized carbons (Fsp3) is 0.467. The Hall–Kier alpha value is -2.02. The number of carbonyl (C=O) groups excluding carboxylic acids is 2. The Balaban J connectivity index is 1.74. The number of amides is 2. The highest BCUT2D eigenvalue weighted by atomic mass is 19.1. The van der Waals surface area contributed by atoms with Gasteiger partial charge >= 0.3 is 0 Å². The van der Waals surface area contributed by atoms with Crippen LogP contribution in [0.15, 0.2) is 18.2 Å². The third-order valence-corrected chi connectivity index (χ3v) is 4.21. The van der Waals surface area contributed by atoms with Crippen LogP contribution in [0, 0.1) is 17.6 Å². The van der Waals surface area contributed by atoms with Crippen molar-refractivity contribution < 1.29 is 18.4 Å². The number of rotatable bonds is 2. The van der Waals surface area contributed by atoms with Crippen LogP contribution in [0.4, 0.5) is 14.5 Å². The molecule has 0 radical (unpaired) electrons. The fourth-order valence-electron chi connectivity index (χ4n) is 3.05. The number of hydrogen-bond acceptors (Lipinski definition) is 3. The molecule has 2 saturated heterocycles. The minimum Gasteiger partial charge on any atom is -0.341 e.